The van der Waals surface area contributed by atoms with E-state index >= 15 is 0 Å². The average molecular weight is 275 g/mol. The van der Waals surface area contributed by atoms with Gasteiger partial charge in [-0.25, -0.2) is 4.39 Å². The van der Waals surface area contributed by atoms with E-state index in [0.29, 0.717) is 30.0 Å². The van der Waals surface area contributed by atoms with Gasteiger partial charge in [-0.1, -0.05) is 0 Å². The number of amides is 1. The smallest absolute Gasteiger partial charge is 0.269 e. The Kier molecular flexibility index (Phi) is 3.37. The lowest BCUT2D eigenvalue weighted by molar-refractivity contribution is 0.0929. The van der Waals surface area contributed by atoms with Crippen LogP contribution in [0.3, 0.4) is 0 Å². The van der Waals surface area contributed by atoms with E-state index in [2.05, 4.69) is 15.5 Å². The summed E-state index contributed by atoms with van der Waals surface area (Å²) in [6.45, 7) is 0.565. The molecule has 0 spiro atoms. The number of aromatic amines is 1. The third kappa shape index (κ3) is 2.49. The van der Waals surface area contributed by atoms with E-state index in [1.165, 1.54) is 18.3 Å². The van der Waals surface area contributed by atoms with Crippen LogP contribution < -0.4 is 10.1 Å². The molecule has 2 aromatic rings. The third-order valence-corrected chi connectivity index (χ3v) is 3.29. The molecule has 2 heterocycles. The zero-order valence-corrected chi connectivity index (χ0v) is 10.7. The molecule has 2 N–H and O–H groups in total. The third-order valence-electron chi connectivity index (χ3n) is 3.29. The first-order chi connectivity index (χ1) is 9.74. The number of H-pyrrole nitrogens is 1. The first-order valence-electron chi connectivity index (χ1n) is 6.46. The van der Waals surface area contributed by atoms with Crippen molar-refractivity contribution in [3.63, 3.8) is 0 Å². The van der Waals surface area contributed by atoms with Gasteiger partial charge in [0.2, 0.25) is 0 Å². The maximum Gasteiger partial charge on any atom is 0.269 e. The molecular weight excluding hydrogens is 261 g/mol. The number of hydrogen-bond acceptors (Lipinski definition) is 3. The Morgan fingerprint density at radius 3 is 3.15 bits per heavy atom. The lowest BCUT2D eigenvalue weighted by atomic mass is 10.0. The van der Waals surface area contributed by atoms with Crippen LogP contribution in [0.1, 0.15) is 34.9 Å². The maximum atomic E-state index is 13.4. The van der Waals surface area contributed by atoms with Gasteiger partial charge in [0.15, 0.2) is 0 Å². The topological polar surface area (TPSA) is 67.0 Å². The standard InChI is InChI=1S/C14H14FN3O2/c15-9-3-4-13-10(8-9)11(2-1-7-20-13)17-14(19)12-5-6-16-18-12/h3-6,8,11H,1-2,7H2,(H,16,18)(H,17,19)/t11-/m1/s1. The minimum absolute atomic E-state index is 0.260. The molecular formula is C14H14FN3O2. The number of aromatic nitrogens is 2. The number of rotatable bonds is 2. The monoisotopic (exact) mass is 275 g/mol. The number of fused-ring (bicyclic) bond motifs is 1. The van der Waals surface area contributed by atoms with Crippen LogP contribution in [0, 0.1) is 5.82 Å². The molecule has 0 radical (unpaired) electrons. The summed E-state index contributed by atoms with van der Waals surface area (Å²) in [6, 6.07) is 5.70. The summed E-state index contributed by atoms with van der Waals surface area (Å²) in [6.07, 6.45) is 3.01. The fourth-order valence-corrected chi connectivity index (χ4v) is 2.32. The number of halogens is 1. The van der Waals surface area contributed by atoms with Crippen molar-refractivity contribution in [3.8, 4) is 5.75 Å². The summed E-state index contributed by atoms with van der Waals surface area (Å²) in [5.74, 6) is 0.0264. The normalized spacial score (nSPS) is 17.8. The highest BCUT2D eigenvalue weighted by Gasteiger charge is 2.23. The fourth-order valence-electron chi connectivity index (χ4n) is 2.32. The van der Waals surface area contributed by atoms with Crippen LogP contribution >= 0.6 is 0 Å². The van der Waals surface area contributed by atoms with E-state index in [0.717, 1.165) is 6.42 Å². The quantitative estimate of drug-likeness (QED) is 0.883. The summed E-state index contributed by atoms with van der Waals surface area (Å²) in [4.78, 5) is 12.1. The van der Waals surface area contributed by atoms with Gasteiger partial charge < -0.3 is 10.1 Å². The Balaban J connectivity index is 1.86. The van der Waals surface area contributed by atoms with Crippen molar-refractivity contribution in [3.05, 3.63) is 47.5 Å². The van der Waals surface area contributed by atoms with Gasteiger partial charge in [0.25, 0.3) is 5.91 Å². The molecule has 1 aliphatic heterocycles. The van der Waals surface area contributed by atoms with Gasteiger partial charge in [-0.2, -0.15) is 5.10 Å². The SMILES string of the molecule is O=C(N[C@@H]1CCCOc2ccc(F)cc21)c1ccn[nH]1. The van der Waals surface area contributed by atoms with Gasteiger partial charge in [-0.15, -0.1) is 0 Å². The zero-order chi connectivity index (χ0) is 13.9. The molecule has 0 bridgehead atoms. The van der Waals surface area contributed by atoms with E-state index in [4.69, 9.17) is 4.74 Å². The van der Waals surface area contributed by atoms with Crippen molar-refractivity contribution in [2.75, 3.05) is 6.61 Å². The van der Waals surface area contributed by atoms with Crippen molar-refractivity contribution >= 4 is 5.91 Å². The molecule has 1 amide bonds. The van der Waals surface area contributed by atoms with Gasteiger partial charge >= 0.3 is 0 Å². The molecule has 0 fully saturated rings. The number of carbonyl (C=O) groups excluding carboxylic acids is 1. The van der Waals surface area contributed by atoms with Crippen LogP contribution in [0.25, 0.3) is 0 Å². The number of nitrogens with zero attached hydrogens (tertiary/aromatic N) is 1. The average Bonchev–Trinajstić information content (AvgIpc) is 2.91. The Morgan fingerprint density at radius 1 is 1.45 bits per heavy atom. The molecule has 0 saturated heterocycles. The van der Waals surface area contributed by atoms with Gasteiger partial charge in [-0.05, 0) is 37.1 Å². The predicted octanol–water partition coefficient (Wildman–Crippen LogP) is 2.19. The Bertz CT molecular complexity index is 613. The highest BCUT2D eigenvalue weighted by atomic mass is 19.1. The minimum Gasteiger partial charge on any atom is -0.493 e. The molecule has 20 heavy (non-hydrogen) atoms. The van der Waals surface area contributed by atoms with E-state index in [9.17, 15) is 9.18 Å². The largest absolute Gasteiger partial charge is 0.493 e. The van der Waals surface area contributed by atoms with Crippen LogP contribution in [0.5, 0.6) is 5.75 Å². The second-order valence-electron chi connectivity index (χ2n) is 4.67. The Labute approximate surface area is 115 Å². The summed E-state index contributed by atoms with van der Waals surface area (Å²) in [5.41, 5.74) is 1.06. The van der Waals surface area contributed by atoms with Crippen molar-refractivity contribution in [2.24, 2.45) is 0 Å². The molecule has 104 valence electrons. The molecule has 1 aromatic carbocycles. The second kappa shape index (κ2) is 5.32. The van der Waals surface area contributed by atoms with Crippen molar-refractivity contribution in [1.29, 1.82) is 0 Å². The van der Waals surface area contributed by atoms with Crippen molar-refractivity contribution in [1.82, 2.24) is 15.5 Å². The Morgan fingerprint density at radius 2 is 2.35 bits per heavy atom. The highest BCUT2D eigenvalue weighted by molar-refractivity contribution is 5.92. The number of nitrogens with one attached hydrogen (secondary N) is 2. The van der Waals surface area contributed by atoms with Crippen LogP contribution in [0.4, 0.5) is 4.39 Å². The summed E-state index contributed by atoms with van der Waals surface area (Å²) < 4.78 is 19.0. The van der Waals surface area contributed by atoms with Gasteiger partial charge in [0.1, 0.15) is 17.3 Å². The van der Waals surface area contributed by atoms with E-state index in [1.807, 2.05) is 0 Å². The molecule has 1 aliphatic rings. The lowest BCUT2D eigenvalue weighted by Gasteiger charge is -2.18. The van der Waals surface area contributed by atoms with E-state index in [1.54, 1.807) is 12.1 Å². The van der Waals surface area contributed by atoms with E-state index in [-0.39, 0.29) is 17.8 Å². The van der Waals surface area contributed by atoms with Crippen molar-refractivity contribution in [2.45, 2.75) is 18.9 Å². The van der Waals surface area contributed by atoms with Crippen LogP contribution in [-0.4, -0.2) is 22.7 Å². The van der Waals surface area contributed by atoms with Crippen LogP contribution in [0.2, 0.25) is 0 Å². The molecule has 1 aromatic heterocycles. The fraction of sp³-hybridized carbons (Fsp3) is 0.286. The molecule has 0 aliphatic carbocycles. The lowest BCUT2D eigenvalue weighted by Crippen LogP contribution is -2.28. The maximum absolute atomic E-state index is 13.4. The first-order valence-corrected chi connectivity index (χ1v) is 6.46. The minimum atomic E-state index is -0.338. The number of ether oxygens (including phenoxy) is 1. The molecule has 0 unspecified atom stereocenters. The molecule has 0 saturated carbocycles. The molecule has 3 rings (SSSR count). The van der Waals surface area contributed by atoms with Gasteiger partial charge in [0, 0.05) is 11.8 Å². The molecule has 1 atom stereocenters. The van der Waals surface area contributed by atoms with Crippen molar-refractivity contribution < 1.29 is 13.9 Å². The number of benzene rings is 1. The summed E-state index contributed by atoms with van der Waals surface area (Å²) in [7, 11) is 0. The van der Waals surface area contributed by atoms with Gasteiger partial charge in [0.05, 0.1) is 12.6 Å². The second-order valence-corrected chi connectivity index (χ2v) is 4.67. The van der Waals surface area contributed by atoms with Gasteiger partial charge in [-0.3, -0.25) is 9.89 Å². The van der Waals surface area contributed by atoms with Crippen LogP contribution in [-0.2, 0) is 0 Å². The number of hydrogen-bond donors (Lipinski definition) is 2. The van der Waals surface area contributed by atoms with Crippen LogP contribution in [0.15, 0.2) is 30.5 Å². The number of carbonyl (C=O) groups is 1. The Hall–Kier alpha value is -2.37. The molecule has 5 nitrogen and oxygen atoms in total. The molecule has 6 heteroatoms. The zero-order valence-electron chi connectivity index (χ0n) is 10.7. The first kappa shape index (κ1) is 12.7. The summed E-state index contributed by atoms with van der Waals surface area (Å²) >= 11 is 0. The summed E-state index contributed by atoms with van der Waals surface area (Å²) in [5, 5.41) is 9.24. The van der Waals surface area contributed by atoms with E-state index < -0.39 is 0 Å². The highest BCUT2D eigenvalue weighted by Crippen LogP contribution is 2.32. The predicted molar refractivity (Wildman–Crippen MR) is 69.9 cm³/mol.